The van der Waals surface area contributed by atoms with E-state index in [2.05, 4.69) is 4.90 Å². The average Bonchev–Trinajstić information content (AvgIpc) is 2.42. The van der Waals surface area contributed by atoms with Crippen LogP contribution in [0, 0.1) is 0 Å². The van der Waals surface area contributed by atoms with Gasteiger partial charge in [0.2, 0.25) is 5.91 Å². The Morgan fingerprint density at radius 2 is 2.11 bits per heavy atom. The number of amides is 1. The van der Waals surface area contributed by atoms with E-state index in [0.29, 0.717) is 25.9 Å². The third-order valence-electron chi connectivity index (χ3n) is 2.89. The van der Waals surface area contributed by atoms with Gasteiger partial charge in [-0.1, -0.05) is 18.2 Å². The van der Waals surface area contributed by atoms with Crippen molar-refractivity contribution in [2.24, 2.45) is 5.73 Å². The molecule has 0 spiro atoms. The molecule has 19 heavy (non-hydrogen) atoms. The minimum absolute atomic E-state index is 0.138. The average molecular weight is 266 g/mol. The Morgan fingerprint density at radius 3 is 2.74 bits per heavy atom. The smallest absolute Gasteiger partial charge is 0.218 e. The van der Waals surface area contributed by atoms with Gasteiger partial charge in [-0.2, -0.15) is 0 Å². The van der Waals surface area contributed by atoms with Gasteiger partial charge in [-0.15, -0.1) is 0 Å². The summed E-state index contributed by atoms with van der Waals surface area (Å²) in [6.45, 7) is 2.13. The molecule has 0 heterocycles. The largest absolute Gasteiger partial charge is 0.496 e. The maximum absolute atomic E-state index is 10.9. The van der Waals surface area contributed by atoms with Crippen LogP contribution in [0.2, 0.25) is 0 Å². The van der Waals surface area contributed by atoms with E-state index in [0.717, 1.165) is 17.9 Å². The van der Waals surface area contributed by atoms with Crippen molar-refractivity contribution in [1.29, 1.82) is 0 Å². The number of para-hydroxylation sites is 1. The van der Waals surface area contributed by atoms with Crippen LogP contribution in [0.4, 0.5) is 0 Å². The first-order chi connectivity index (χ1) is 9.17. The number of nitrogens with zero attached hydrogens (tertiary/aromatic N) is 1. The first kappa shape index (κ1) is 15.5. The second-order valence-corrected chi connectivity index (χ2v) is 4.38. The number of aliphatic hydroxyl groups excluding tert-OH is 1. The van der Waals surface area contributed by atoms with Gasteiger partial charge in [0, 0.05) is 38.2 Å². The Balaban J connectivity index is 2.66. The summed E-state index contributed by atoms with van der Waals surface area (Å²) >= 11 is 0. The summed E-state index contributed by atoms with van der Waals surface area (Å²) in [5.74, 6) is 0.518. The van der Waals surface area contributed by atoms with E-state index in [1.165, 1.54) is 0 Å². The number of hydrogen-bond acceptors (Lipinski definition) is 4. The Morgan fingerprint density at radius 1 is 1.37 bits per heavy atom. The number of carbonyl (C=O) groups excluding carboxylic acids is 1. The van der Waals surface area contributed by atoms with E-state index in [-0.39, 0.29) is 12.5 Å². The maximum Gasteiger partial charge on any atom is 0.218 e. The summed E-state index contributed by atoms with van der Waals surface area (Å²) in [5.41, 5.74) is 6.24. The molecule has 5 heteroatoms. The van der Waals surface area contributed by atoms with Crippen molar-refractivity contribution in [3.05, 3.63) is 29.8 Å². The third-order valence-corrected chi connectivity index (χ3v) is 2.89. The molecule has 1 aromatic rings. The molecule has 3 N–H and O–H groups in total. The van der Waals surface area contributed by atoms with E-state index >= 15 is 0 Å². The summed E-state index contributed by atoms with van der Waals surface area (Å²) in [6, 6.07) is 7.78. The van der Waals surface area contributed by atoms with Gasteiger partial charge in [0.05, 0.1) is 7.11 Å². The summed E-state index contributed by atoms with van der Waals surface area (Å²) < 4.78 is 5.31. The van der Waals surface area contributed by atoms with Crippen LogP contribution in [0.5, 0.6) is 5.75 Å². The number of primary amides is 1. The molecule has 0 bridgehead atoms. The number of nitrogens with two attached hydrogens (primary N) is 1. The molecule has 1 amide bonds. The quantitative estimate of drug-likeness (QED) is 0.691. The molecule has 5 nitrogen and oxygen atoms in total. The molecule has 106 valence electrons. The highest BCUT2D eigenvalue weighted by atomic mass is 16.5. The highest BCUT2D eigenvalue weighted by molar-refractivity contribution is 5.73. The van der Waals surface area contributed by atoms with Gasteiger partial charge in [-0.3, -0.25) is 9.69 Å². The van der Waals surface area contributed by atoms with Crippen molar-refractivity contribution in [2.45, 2.75) is 19.4 Å². The molecule has 0 radical (unpaired) electrons. The lowest BCUT2D eigenvalue weighted by Crippen LogP contribution is -2.29. The topological polar surface area (TPSA) is 75.8 Å². The fourth-order valence-electron chi connectivity index (χ4n) is 1.91. The molecule has 0 saturated carbocycles. The SMILES string of the molecule is COc1ccccc1CN(CCCO)CCC(N)=O. The predicted octanol–water partition coefficient (Wildman–Crippen LogP) is 0.755. The molecule has 0 aromatic heterocycles. The number of carbonyl (C=O) groups is 1. The lowest BCUT2D eigenvalue weighted by atomic mass is 10.1. The van der Waals surface area contributed by atoms with Gasteiger partial charge in [-0.05, 0) is 12.5 Å². The molecule has 1 aromatic carbocycles. The van der Waals surface area contributed by atoms with Crippen molar-refractivity contribution >= 4 is 5.91 Å². The molecule has 0 fully saturated rings. The highest BCUT2D eigenvalue weighted by Gasteiger charge is 2.10. The maximum atomic E-state index is 10.9. The first-order valence-electron chi connectivity index (χ1n) is 6.40. The zero-order valence-electron chi connectivity index (χ0n) is 11.3. The van der Waals surface area contributed by atoms with Gasteiger partial charge in [0.1, 0.15) is 5.75 Å². The first-order valence-corrected chi connectivity index (χ1v) is 6.40. The van der Waals surface area contributed by atoms with Crippen LogP contribution in [-0.2, 0) is 11.3 Å². The van der Waals surface area contributed by atoms with E-state index in [1.807, 2.05) is 24.3 Å². The second-order valence-electron chi connectivity index (χ2n) is 4.38. The standard InChI is InChI=1S/C14H22N2O3/c1-19-13-6-3-2-5-12(13)11-16(8-4-10-17)9-7-14(15)18/h2-3,5-6,17H,4,7-11H2,1H3,(H2,15,18). The molecule has 0 aliphatic heterocycles. The summed E-state index contributed by atoms with van der Waals surface area (Å²) in [7, 11) is 1.64. The van der Waals surface area contributed by atoms with Crippen LogP contribution in [-0.4, -0.2) is 42.7 Å². The molecular weight excluding hydrogens is 244 g/mol. The highest BCUT2D eigenvalue weighted by Crippen LogP contribution is 2.19. The fourth-order valence-corrected chi connectivity index (χ4v) is 1.91. The zero-order chi connectivity index (χ0) is 14.1. The van der Waals surface area contributed by atoms with Crippen LogP contribution in [0.1, 0.15) is 18.4 Å². The summed E-state index contributed by atoms with van der Waals surface area (Å²) in [4.78, 5) is 13.0. The van der Waals surface area contributed by atoms with Crippen LogP contribution in [0.25, 0.3) is 0 Å². The number of aliphatic hydroxyl groups is 1. The van der Waals surface area contributed by atoms with E-state index in [4.69, 9.17) is 15.6 Å². The van der Waals surface area contributed by atoms with Crippen molar-refractivity contribution in [1.82, 2.24) is 4.90 Å². The number of methoxy groups -OCH3 is 1. The van der Waals surface area contributed by atoms with Crippen LogP contribution in [0.15, 0.2) is 24.3 Å². The van der Waals surface area contributed by atoms with E-state index in [9.17, 15) is 4.79 Å². The van der Waals surface area contributed by atoms with Crippen molar-refractivity contribution in [3.8, 4) is 5.75 Å². The number of hydrogen-bond donors (Lipinski definition) is 2. The van der Waals surface area contributed by atoms with Gasteiger partial charge in [-0.25, -0.2) is 0 Å². The number of benzene rings is 1. The minimum atomic E-state index is -0.311. The summed E-state index contributed by atoms with van der Waals surface area (Å²) in [5, 5.41) is 8.92. The molecule has 0 atom stereocenters. The van der Waals surface area contributed by atoms with Gasteiger partial charge >= 0.3 is 0 Å². The lowest BCUT2D eigenvalue weighted by molar-refractivity contribution is -0.118. The lowest BCUT2D eigenvalue weighted by Gasteiger charge is -2.22. The van der Waals surface area contributed by atoms with Crippen LogP contribution < -0.4 is 10.5 Å². The van der Waals surface area contributed by atoms with E-state index in [1.54, 1.807) is 7.11 Å². The Hall–Kier alpha value is -1.59. The molecule has 0 aliphatic rings. The van der Waals surface area contributed by atoms with Crippen molar-refractivity contribution in [2.75, 3.05) is 26.8 Å². The molecule has 0 unspecified atom stereocenters. The van der Waals surface area contributed by atoms with Gasteiger partial charge < -0.3 is 15.6 Å². The Bertz CT molecular complexity index is 396. The van der Waals surface area contributed by atoms with Gasteiger partial charge in [0.25, 0.3) is 0 Å². The molecular formula is C14H22N2O3. The summed E-state index contributed by atoms with van der Waals surface area (Å²) in [6.07, 6.45) is 0.995. The normalized spacial score (nSPS) is 10.7. The molecule has 1 rings (SSSR count). The Kier molecular flexibility index (Phi) is 6.92. The zero-order valence-corrected chi connectivity index (χ0v) is 11.3. The number of ether oxygens (including phenoxy) is 1. The fraction of sp³-hybridized carbons (Fsp3) is 0.500. The van der Waals surface area contributed by atoms with Crippen molar-refractivity contribution in [3.63, 3.8) is 0 Å². The molecule has 0 saturated heterocycles. The number of rotatable bonds is 9. The van der Waals surface area contributed by atoms with Crippen molar-refractivity contribution < 1.29 is 14.6 Å². The van der Waals surface area contributed by atoms with Gasteiger partial charge in [0.15, 0.2) is 0 Å². The van der Waals surface area contributed by atoms with Crippen LogP contribution in [0.3, 0.4) is 0 Å². The molecule has 0 aliphatic carbocycles. The minimum Gasteiger partial charge on any atom is -0.496 e. The monoisotopic (exact) mass is 266 g/mol. The predicted molar refractivity (Wildman–Crippen MR) is 73.8 cm³/mol. The third kappa shape index (κ3) is 5.72. The second kappa shape index (κ2) is 8.50. The van der Waals surface area contributed by atoms with E-state index < -0.39 is 0 Å². The Labute approximate surface area is 114 Å². The van der Waals surface area contributed by atoms with Crippen LogP contribution >= 0.6 is 0 Å².